The summed E-state index contributed by atoms with van der Waals surface area (Å²) in [6.07, 6.45) is 6.35. The molecule has 0 unspecified atom stereocenters. The summed E-state index contributed by atoms with van der Waals surface area (Å²) in [6.45, 7) is 2.94. The van der Waals surface area contributed by atoms with E-state index in [1.54, 1.807) is 12.1 Å². The number of nitro groups is 1. The Bertz CT molecular complexity index is 443. The third kappa shape index (κ3) is 4.18. The van der Waals surface area contributed by atoms with Gasteiger partial charge in [-0.15, -0.1) is 0 Å². The highest BCUT2D eigenvalue weighted by molar-refractivity contribution is 6.32. The van der Waals surface area contributed by atoms with Crippen LogP contribution in [0.15, 0.2) is 18.2 Å². The average molecular weight is 283 g/mol. The molecule has 0 aliphatic carbocycles. The van der Waals surface area contributed by atoms with Crippen molar-refractivity contribution in [2.75, 3.05) is 13.1 Å². The molecule has 1 saturated heterocycles. The molecule has 0 atom stereocenters. The summed E-state index contributed by atoms with van der Waals surface area (Å²) in [5.41, 5.74) is 0.975. The van der Waals surface area contributed by atoms with Crippen LogP contribution < -0.4 is 0 Å². The van der Waals surface area contributed by atoms with Crippen molar-refractivity contribution in [2.45, 2.75) is 38.6 Å². The molecule has 0 aromatic heterocycles. The largest absolute Gasteiger partial charge is 0.299 e. The molecule has 1 aromatic rings. The molecule has 4 nitrogen and oxygen atoms in total. The summed E-state index contributed by atoms with van der Waals surface area (Å²) < 4.78 is 0. The Morgan fingerprint density at radius 2 is 1.79 bits per heavy atom. The quantitative estimate of drug-likeness (QED) is 0.621. The number of hydrogen-bond acceptors (Lipinski definition) is 3. The van der Waals surface area contributed by atoms with Crippen LogP contribution in [0.4, 0.5) is 5.69 Å². The minimum Gasteiger partial charge on any atom is -0.299 e. The van der Waals surface area contributed by atoms with Crippen LogP contribution >= 0.6 is 11.6 Å². The average Bonchev–Trinajstić information content (AvgIpc) is 2.34. The van der Waals surface area contributed by atoms with Crippen molar-refractivity contribution in [1.29, 1.82) is 0 Å². The summed E-state index contributed by atoms with van der Waals surface area (Å²) in [6, 6.07) is 5.11. The van der Waals surface area contributed by atoms with Crippen molar-refractivity contribution in [1.82, 2.24) is 4.90 Å². The van der Waals surface area contributed by atoms with Crippen molar-refractivity contribution < 1.29 is 4.92 Å². The second-order valence-electron chi connectivity index (χ2n) is 5.09. The van der Waals surface area contributed by atoms with Crippen LogP contribution in [0.25, 0.3) is 0 Å². The molecule has 5 heteroatoms. The van der Waals surface area contributed by atoms with E-state index in [9.17, 15) is 10.1 Å². The molecule has 104 valence electrons. The number of nitro benzene ring substituents is 1. The fourth-order valence-corrected chi connectivity index (χ4v) is 2.71. The molecule has 0 radical (unpaired) electrons. The number of rotatable bonds is 3. The topological polar surface area (TPSA) is 46.4 Å². The minimum absolute atomic E-state index is 0.00575. The number of hydrogen-bond donors (Lipinski definition) is 0. The first-order chi connectivity index (χ1) is 9.16. The Labute approximate surface area is 118 Å². The highest BCUT2D eigenvalue weighted by Gasteiger charge is 2.15. The summed E-state index contributed by atoms with van der Waals surface area (Å²) >= 11 is 5.83. The van der Waals surface area contributed by atoms with Gasteiger partial charge in [0, 0.05) is 12.6 Å². The van der Waals surface area contributed by atoms with Gasteiger partial charge in [-0.1, -0.05) is 36.9 Å². The summed E-state index contributed by atoms with van der Waals surface area (Å²) in [7, 11) is 0. The second-order valence-corrected chi connectivity index (χ2v) is 5.49. The molecular weight excluding hydrogens is 264 g/mol. The van der Waals surface area contributed by atoms with E-state index in [1.165, 1.54) is 32.1 Å². The monoisotopic (exact) mass is 282 g/mol. The second kappa shape index (κ2) is 6.87. The van der Waals surface area contributed by atoms with Gasteiger partial charge in [-0.3, -0.25) is 15.0 Å². The van der Waals surface area contributed by atoms with Gasteiger partial charge < -0.3 is 0 Å². The molecule has 2 rings (SSSR count). The lowest BCUT2D eigenvalue weighted by molar-refractivity contribution is -0.384. The van der Waals surface area contributed by atoms with E-state index in [-0.39, 0.29) is 10.7 Å². The minimum atomic E-state index is -0.417. The lowest BCUT2D eigenvalue weighted by atomic mass is 10.1. The van der Waals surface area contributed by atoms with Crippen LogP contribution in [0.1, 0.15) is 37.7 Å². The molecule has 0 spiro atoms. The first-order valence-electron chi connectivity index (χ1n) is 6.82. The molecule has 1 fully saturated rings. The number of halogens is 1. The standard InChI is InChI=1S/C14H19ClN2O2/c15-13-7-6-12(10-14(13)17(18)19)11-16-8-4-2-1-3-5-9-16/h6-7,10H,1-5,8-9,11H2. The van der Waals surface area contributed by atoms with Crippen molar-refractivity contribution in [2.24, 2.45) is 0 Å². The van der Waals surface area contributed by atoms with Crippen LogP contribution in [0.5, 0.6) is 0 Å². The molecule has 0 amide bonds. The third-order valence-electron chi connectivity index (χ3n) is 3.56. The first-order valence-corrected chi connectivity index (χ1v) is 7.20. The van der Waals surface area contributed by atoms with Gasteiger partial charge in [-0.2, -0.15) is 0 Å². The molecule has 0 N–H and O–H groups in total. The zero-order valence-electron chi connectivity index (χ0n) is 11.0. The maximum absolute atomic E-state index is 10.9. The van der Waals surface area contributed by atoms with E-state index in [0.29, 0.717) is 0 Å². The fourth-order valence-electron chi connectivity index (χ4n) is 2.53. The van der Waals surface area contributed by atoms with E-state index in [4.69, 9.17) is 11.6 Å². The smallest absolute Gasteiger partial charge is 0.288 e. The molecule has 1 aromatic carbocycles. The van der Waals surface area contributed by atoms with Gasteiger partial charge in [0.25, 0.3) is 5.69 Å². The Balaban J connectivity index is 2.05. The molecule has 0 saturated carbocycles. The Kier molecular flexibility index (Phi) is 5.16. The highest BCUT2D eigenvalue weighted by atomic mass is 35.5. The predicted octanol–water partition coefficient (Wildman–Crippen LogP) is 4.01. The lowest BCUT2D eigenvalue weighted by Gasteiger charge is -2.24. The molecule has 0 bridgehead atoms. The Morgan fingerprint density at radius 3 is 2.42 bits per heavy atom. The first kappa shape index (κ1) is 14.3. The van der Waals surface area contributed by atoms with E-state index in [0.717, 1.165) is 25.2 Å². The van der Waals surface area contributed by atoms with Crippen LogP contribution in [0, 0.1) is 10.1 Å². The Hall–Kier alpha value is -1.13. The summed E-state index contributed by atoms with van der Waals surface area (Å²) in [5.74, 6) is 0. The maximum atomic E-state index is 10.9. The zero-order chi connectivity index (χ0) is 13.7. The lowest BCUT2D eigenvalue weighted by Crippen LogP contribution is -2.26. The van der Waals surface area contributed by atoms with Crippen molar-refractivity contribution in [3.05, 3.63) is 38.9 Å². The zero-order valence-corrected chi connectivity index (χ0v) is 11.7. The van der Waals surface area contributed by atoms with Crippen molar-refractivity contribution >= 4 is 17.3 Å². The van der Waals surface area contributed by atoms with Gasteiger partial charge in [0.2, 0.25) is 0 Å². The SMILES string of the molecule is O=[N+]([O-])c1cc(CN2CCCCCCC2)ccc1Cl. The molecule has 19 heavy (non-hydrogen) atoms. The van der Waals surface area contributed by atoms with Crippen LogP contribution in [-0.4, -0.2) is 22.9 Å². The van der Waals surface area contributed by atoms with Crippen LogP contribution in [0.3, 0.4) is 0 Å². The van der Waals surface area contributed by atoms with E-state index in [1.807, 2.05) is 6.07 Å². The maximum Gasteiger partial charge on any atom is 0.288 e. The number of nitrogens with zero attached hydrogens (tertiary/aromatic N) is 2. The van der Waals surface area contributed by atoms with Gasteiger partial charge in [0.05, 0.1) is 4.92 Å². The molecule has 1 aliphatic heterocycles. The normalized spacial score (nSPS) is 17.7. The van der Waals surface area contributed by atoms with Gasteiger partial charge in [-0.25, -0.2) is 0 Å². The van der Waals surface area contributed by atoms with E-state index in [2.05, 4.69) is 4.90 Å². The van der Waals surface area contributed by atoms with Gasteiger partial charge >= 0.3 is 0 Å². The molecule has 1 heterocycles. The van der Waals surface area contributed by atoms with Crippen LogP contribution in [-0.2, 0) is 6.54 Å². The Morgan fingerprint density at radius 1 is 1.16 bits per heavy atom. The summed E-state index contributed by atoms with van der Waals surface area (Å²) in [4.78, 5) is 12.8. The number of benzene rings is 1. The van der Waals surface area contributed by atoms with Gasteiger partial charge in [-0.05, 0) is 37.6 Å². The summed E-state index contributed by atoms with van der Waals surface area (Å²) in [5, 5.41) is 11.1. The van der Waals surface area contributed by atoms with Gasteiger partial charge in [0.1, 0.15) is 5.02 Å². The van der Waals surface area contributed by atoms with E-state index >= 15 is 0 Å². The number of likely N-dealkylation sites (tertiary alicyclic amines) is 1. The molecule has 1 aliphatic rings. The third-order valence-corrected chi connectivity index (χ3v) is 3.88. The van der Waals surface area contributed by atoms with E-state index < -0.39 is 4.92 Å². The molecular formula is C14H19ClN2O2. The fraction of sp³-hybridized carbons (Fsp3) is 0.571. The van der Waals surface area contributed by atoms with Gasteiger partial charge in [0.15, 0.2) is 0 Å². The highest BCUT2D eigenvalue weighted by Crippen LogP contribution is 2.26. The van der Waals surface area contributed by atoms with Crippen molar-refractivity contribution in [3.63, 3.8) is 0 Å². The van der Waals surface area contributed by atoms with Crippen LogP contribution in [0.2, 0.25) is 5.02 Å². The predicted molar refractivity (Wildman–Crippen MR) is 76.5 cm³/mol. The van der Waals surface area contributed by atoms with Crippen molar-refractivity contribution in [3.8, 4) is 0 Å².